The van der Waals surface area contributed by atoms with Gasteiger partial charge in [-0.2, -0.15) is 0 Å². The lowest BCUT2D eigenvalue weighted by molar-refractivity contribution is -0.121. The number of hydrogen-bond acceptors (Lipinski definition) is 2. The normalized spacial score (nSPS) is 11.6. The minimum absolute atomic E-state index is 0.0230. The molecule has 4 nitrogen and oxygen atoms in total. The molecule has 1 atom stereocenters. The molecule has 25 heavy (non-hydrogen) atoms. The molecule has 0 saturated carbocycles. The molecule has 0 aromatic heterocycles. The molecule has 0 aliphatic heterocycles. The molecular weight excluding hydrogens is 312 g/mol. The Morgan fingerprint density at radius 3 is 1.88 bits per heavy atom. The molecule has 0 radical (unpaired) electrons. The summed E-state index contributed by atoms with van der Waals surface area (Å²) in [5, 5.41) is 5.71. The highest BCUT2D eigenvalue weighted by Gasteiger charge is 2.17. The van der Waals surface area contributed by atoms with E-state index in [4.69, 9.17) is 0 Å². The molecule has 136 valence electrons. The van der Waals surface area contributed by atoms with Crippen LogP contribution >= 0.6 is 0 Å². The molecule has 0 aliphatic carbocycles. The van der Waals surface area contributed by atoms with Crippen molar-refractivity contribution in [3.8, 4) is 0 Å². The molecule has 1 aromatic carbocycles. The van der Waals surface area contributed by atoms with Crippen LogP contribution in [0.1, 0.15) is 44.5 Å². The lowest BCUT2D eigenvalue weighted by Crippen LogP contribution is -2.44. The van der Waals surface area contributed by atoms with Crippen LogP contribution in [0.2, 0.25) is 0 Å². The standard InChI is InChI=1S/C21H30N2O2/c1-16(2)14-19(17(3)4)23-20(24)15-22-21(25)18-12-10-8-6-5-7-9-11-13-18/h5-13,16-17,19H,14-15H2,1-4H3,(H,22,25)(H,23,24)/t19-/m0/s1. The Morgan fingerprint density at radius 2 is 1.40 bits per heavy atom. The molecule has 2 N–H and O–H groups in total. The Balaban J connectivity index is 2.65. The molecule has 0 bridgehead atoms. The average molecular weight is 342 g/mol. The average Bonchev–Trinajstić information content (AvgIpc) is 2.56. The second kappa shape index (κ2) is 11.2. The van der Waals surface area contributed by atoms with Crippen molar-refractivity contribution in [2.75, 3.05) is 6.54 Å². The SMILES string of the molecule is CC(C)C[C@H](NC(=O)CNC(=O)c1ccccccccc1)C(C)C. The quantitative estimate of drug-likeness (QED) is 0.793. The number of hydrogen-bond donors (Lipinski definition) is 2. The van der Waals surface area contributed by atoms with Crippen molar-refractivity contribution in [2.24, 2.45) is 11.8 Å². The highest BCUT2D eigenvalue weighted by atomic mass is 16.2. The van der Waals surface area contributed by atoms with E-state index in [1.54, 1.807) is 24.3 Å². The van der Waals surface area contributed by atoms with Gasteiger partial charge in [0, 0.05) is 11.6 Å². The van der Waals surface area contributed by atoms with Crippen LogP contribution in [0.15, 0.2) is 54.6 Å². The van der Waals surface area contributed by atoms with E-state index in [0.717, 1.165) is 6.42 Å². The molecule has 1 rings (SSSR count). The maximum absolute atomic E-state index is 12.3. The second-order valence-corrected chi connectivity index (χ2v) is 6.87. The van der Waals surface area contributed by atoms with Crippen LogP contribution in [-0.2, 0) is 4.79 Å². The Hall–Kier alpha value is -2.36. The smallest absolute Gasteiger partial charge is 0.251 e. The summed E-state index contributed by atoms with van der Waals surface area (Å²) in [6, 6.07) is 16.5. The number of carbonyl (C=O) groups excluding carboxylic acids is 2. The summed E-state index contributed by atoms with van der Waals surface area (Å²) in [7, 11) is 0. The molecule has 0 saturated heterocycles. The van der Waals surface area contributed by atoms with E-state index < -0.39 is 0 Å². The van der Waals surface area contributed by atoms with Crippen molar-refractivity contribution < 1.29 is 9.59 Å². The van der Waals surface area contributed by atoms with Gasteiger partial charge in [0.1, 0.15) is 0 Å². The van der Waals surface area contributed by atoms with Gasteiger partial charge < -0.3 is 10.6 Å². The Labute approximate surface area is 151 Å². The molecule has 2 amide bonds. The van der Waals surface area contributed by atoms with E-state index in [9.17, 15) is 9.59 Å². The molecule has 0 spiro atoms. The lowest BCUT2D eigenvalue weighted by Gasteiger charge is -2.24. The third-order valence-corrected chi connectivity index (χ3v) is 3.77. The number of amides is 2. The van der Waals surface area contributed by atoms with Gasteiger partial charge in [-0.05, 0) is 30.4 Å². The van der Waals surface area contributed by atoms with Gasteiger partial charge >= 0.3 is 0 Å². The summed E-state index contributed by atoms with van der Waals surface area (Å²) in [4.78, 5) is 24.4. The largest absolute Gasteiger partial charge is 0.352 e. The van der Waals surface area contributed by atoms with Gasteiger partial charge in [-0.15, -0.1) is 0 Å². The first-order valence-corrected chi connectivity index (χ1v) is 8.86. The van der Waals surface area contributed by atoms with Gasteiger partial charge in [0.25, 0.3) is 5.91 Å². The van der Waals surface area contributed by atoms with Crippen LogP contribution in [0.25, 0.3) is 0 Å². The molecule has 0 fully saturated rings. The highest BCUT2D eigenvalue weighted by molar-refractivity contribution is 5.96. The predicted octanol–water partition coefficient (Wildman–Crippen LogP) is 3.73. The minimum Gasteiger partial charge on any atom is -0.352 e. The van der Waals surface area contributed by atoms with Crippen molar-refractivity contribution in [3.05, 3.63) is 60.2 Å². The highest BCUT2D eigenvalue weighted by Crippen LogP contribution is 2.12. The molecule has 0 heterocycles. The molecule has 0 aliphatic rings. The first kappa shape index (κ1) is 20.7. The van der Waals surface area contributed by atoms with Crippen LogP contribution in [-0.4, -0.2) is 24.4 Å². The monoisotopic (exact) mass is 342 g/mol. The van der Waals surface area contributed by atoms with Crippen LogP contribution in [0.4, 0.5) is 0 Å². The number of carbonyl (C=O) groups is 2. The van der Waals surface area contributed by atoms with Gasteiger partial charge in [-0.1, -0.05) is 70.2 Å². The van der Waals surface area contributed by atoms with E-state index in [0.29, 0.717) is 17.4 Å². The zero-order valence-electron chi connectivity index (χ0n) is 15.7. The second-order valence-electron chi connectivity index (χ2n) is 6.87. The van der Waals surface area contributed by atoms with E-state index in [2.05, 4.69) is 38.3 Å². The van der Waals surface area contributed by atoms with Gasteiger partial charge in [-0.25, -0.2) is 0 Å². The number of nitrogens with one attached hydrogen (secondary N) is 2. The van der Waals surface area contributed by atoms with Crippen LogP contribution in [0.3, 0.4) is 0 Å². The molecule has 0 unspecified atom stereocenters. The van der Waals surface area contributed by atoms with Crippen molar-refractivity contribution in [2.45, 2.75) is 40.2 Å². The Kier molecular flexibility index (Phi) is 9.30. The maximum Gasteiger partial charge on any atom is 0.251 e. The number of rotatable bonds is 7. The van der Waals surface area contributed by atoms with E-state index in [1.807, 2.05) is 30.3 Å². The summed E-state index contributed by atoms with van der Waals surface area (Å²) in [6.45, 7) is 8.44. The van der Waals surface area contributed by atoms with Gasteiger partial charge in [0.2, 0.25) is 5.91 Å². The third-order valence-electron chi connectivity index (χ3n) is 3.77. The van der Waals surface area contributed by atoms with Crippen molar-refractivity contribution in [1.29, 1.82) is 0 Å². The van der Waals surface area contributed by atoms with Crippen molar-refractivity contribution in [1.82, 2.24) is 10.6 Å². The van der Waals surface area contributed by atoms with Crippen molar-refractivity contribution in [3.63, 3.8) is 0 Å². The third kappa shape index (κ3) is 8.89. The van der Waals surface area contributed by atoms with Gasteiger partial charge in [-0.3, -0.25) is 9.59 Å². The zero-order chi connectivity index (χ0) is 18.7. The molecule has 1 aromatic rings. The molecule has 4 heteroatoms. The molecular formula is C21H30N2O2. The first-order valence-electron chi connectivity index (χ1n) is 8.86. The van der Waals surface area contributed by atoms with E-state index >= 15 is 0 Å². The minimum atomic E-state index is -0.265. The van der Waals surface area contributed by atoms with E-state index in [1.165, 1.54) is 0 Å². The summed E-state index contributed by atoms with van der Waals surface area (Å²) in [5.74, 6) is 0.444. The topological polar surface area (TPSA) is 58.2 Å². The Morgan fingerprint density at radius 1 is 0.880 bits per heavy atom. The van der Waals surface area contributed by atoms with E-state index in [-0.39, 0.29) is 24.4 Å². The zero-order valence-corrected chi connectivity index (χ0v) is 15.7. The first-order chi connectivity index (χ1) is 11.9. The fourth-order valence-electron chi connectivity index (χ4n) is 2.37. The van der Waals surface area contributed by atoms with Crippen LogP contribution < -0.4 is 10.6 Å². The summed E-state index contributed by atoms with van der Waals surface area (Å²) < 4.78 is 0. The predicted molar refractivity (Wildman–Crippen MR) is 103 cm³/mol. The summed E-state index contributed by atoms with van der Waals surface area (Å²) in [6.07, 6.45) is 0.926. The Bertz CT molecular complexity index is 585. The van der Waals surface area contributed by atoms with Crippen LogP contribution in [0, 0.1) is 11.8 Å². The van der Waals surface area contributed by atoms with Crippen LogP contribution in [0.5, 0.6) is 0 Å². The maximum atomic E-state index is 12.3. The fraction of sp³-hybridized carbons (Fsp3) is 0.429. The fourth-order valence-corrected chi connectivity index (χ4v) is 2.37. The van der Waals surface area contributed by atoms with Gasteiger partial charge in [0.15, 0.2) is 0 Å². The summed E-state index contributed by atoms with van der Waals surface area (Å²) in [5.41, 5.74) is 0.506. The van der Waals surface area contributed by atoms with Crippen molar-refractivity contribution >= 4 is 11.8 Å². The lowest BCUT2D eigenvalue weighted by atomic mass is 9.94. The summed E-state index contributed by atoms with van der Waals surface area (Å²) >= 11 is 0. The van der Waals surface area contributed by atoms with Gasteiger partial charge in [0.05, 0.1) is 6.54 Å².